The standard InChI is InChI=1S/C5H11O2.Al.2H/c1-4(6)3-5(2)7;;;/h4-7H,1,3H2,2H3;;;. The Morgan fingerprint density at radius 1 is 1.50 bits per heavy atom. The summed E-state index contributed by atoms with van der Waals surface area (Å²) in [6.07, 6.45) is -0.0793. The fourth-order valence-electron chi connectivity index (χ4n) is 0.560. The molecular weight excluding hydrogens is 119 g/mol. The van der Waals surface area contributed by atoms with Crippen LogP contribution in [0, 0.1) is 0 Å². The van der Waals surface area contributed by atoms with Crippen LogP contribution in [0.5, 0.6) is 0 Å². The van der Waals surface area contributed by atoms with E-state index in [4.69, 9.17) is 10.2 Å². The predicted octanol–water partition coefficient (Wildman–Crippen LogP) is -0.830. The molecule has 0 fully saturated rings. The molecule has 0 rings (SSSR count). The molecule has 0 bridgehead atoms. The molecule has 8 heavy (non-hydrogen) atoms. The van der Waals surface area contributed by atoms with Crippen molar-refractivity contribution in [3.8, 4) is 0 Å². The zero-order chi connectivity index (χ0) is 6.57. The highest BCUT2D eigenvalue weighted by Crippen LogP contribution is 1.98. The summed E-state index contributed by atoms with van der Waals surface area (Å²) in [6.45, 7) is 1.69. The third-order valence-electron chi connectivity index (χ3n) is 1.08. The third-order valence-corrected chi connectivity index (χ3v) is 2.03. The van der Waals surface area contributed by atoms with Crippen molar-refractivity contribution >= 4 is 16.3 Å². The Bertz CT molecular complexity index is 56.4. The molecule has 0 saturated carbocycles. The summed E-state index contributed by atoms with van der Waals surface area (Å²) in [6, 6.07) is 0. The van der Waals surface area contributed by atoms with E-state index in [2.05, 4.69) is 0 Å². The molecule has 0 amide bonds. The first-order valence-corrected chi connectivity index (χ1v) is 4.44. The molecule has 48 valence electrons. The molecule has 0 aromatic rings. The summed E-state index contributed by atoms with van der Waals surface area (Å²) >= 11 is 1.02. The Labute approximate surface area is 57.9 Å². The van der Waals surface area contributed by atoms with E-state index >= 15 is 0 Å². The van der Waals surface area contributed by atoms with Crippen molar-refractivity contribution in [2.24, 2.45) is 0 Å². The van der Waals surface area contributed by atoms with Gasteiger partial charge in [-0.3, -0.25) is 0 Å². The van der Waals surface area contributed by atoms with Crippen molar-refractivity contribution in [3.63, 3.8) is 0 Å². The first-order valence-electron chi connectivity index (χ1n) is 3.03. The molecular formula is C5H13AlO2. The lowest BCUT2D eigenvalue weighted by atomic mass is 10.2. The Hall–Kier alpha value is 0.452. The van der Waals surface area contributed by atoms with Gasteiger partial charge in [0, 0.05) is 6.10 Å². The van der Waals surface area contributed by atoms with Gasteiger partial charge in [-0.15, -0.1) is 0 Å². The molecule has 0 spiro atoms. The van der Waals surface area contributed by atoms with E-state index in [1.165, 1.54) is 0 Å². The van der Waals surface area contributed by atoms with Crippen molar-refractivity contribution in [1.29, 1.82) is 0 Å². The van der Waals surface area contributed by atoms with Crippen LogP contribution < -0.4 is 0 Å². The molecule has 0 aliphatic rings. The Morgan fingerprint density at radius 3 is 2.12 bits per heavy atom. The quantitative estimate of drug-likeness (QED) is 0.492. The fraction of sp³-hybridized carbons (Fsp3) is 1.00. The van der Waals surface area contributed by atoms with E-state index in [9.17, 15) is 0 Å². The van der Waals surface area contributed by atoms with E-state index < -0.39 is 0 Å². The topological polar surface area (TPSA) is 40.5 Å². The molecule has 0 aliphatic heterocycles. The van der Waals surface area contributed by atoms with Crippen molar-refractivity contribution < 1.29 is 10.2 Å². The molecule has 2 nitrogen and oxygen atoms in total. The maximum Gasteiger partial charge on any atom is 0.215 e. The number of hydrogen-bond donors (Lipinski definition) is 2. The van der Waals surface area contributed by atoms with E-state index in [0.29, 0.717) is 6.42 Å². The minimum absolute atomic E-state index is 0.262. The molecule has 0 saturated heterocycles. The van der Waals surface area contributed by atoms with Crippen LogP contribution in [-0.4, -0.2) is 38.7 Å². The van der Waals surface area contributed by atoms with Gasteiger partial charge in [-0.25, -0.2) is 0 Å². The van der Waals surface area contributed by atoms with Gasteiger partial charge in [0.25, 0.3) is 0 Å². The van der Waals surface area contributed by atoms with E-state index in [-0.39, 0.29) is 12.2 Å². The van der Waals surface area contributed by atoms with Gasteiger partial charge in [0.2, 0.25) is 16.3 Å². The van der Waals surface area contributed by atoms with Crippen LogP contribution in [0.4, 0.5) is 0 Å². The minimum Gasteiger partial charge on any atom is -0.394 e. The Morgan fingerprint density at radius 2 is 2.00 bits per heavy atom. The molecule has 0 aromatic carbocycles. The predicted molar refractivity (Wildman–Crippen MR) is 35.7 cm³/mol. The van der Waals surface area contributed by atoms with Gasteiger partial charge in [0.1, 0.15) is 0 Å². The molecule has 0 aromatic heterocycles. The summed E-state index contributed by atoms with van der Waals surface area (Å²) in [4.78, 5) is 0. The van der Waals surface area contributed by atoms with Crippen molar-refractivity contribution in [3.05, 3.63) is 0 Å². The lowest BCUT2D eigenvalue weighted by molar-refractivity contribution is 0.102. The highest BCUT2D eigenvalue weighted by atomic mass is 27.0. The largest absolute Gasteiger partial charge is 0.394 e. The first kappa shape index (κ1) is 8.45. The van der Waals surface area contributed by atoms with Crippen LogP contribution >= 0.6 is 0 Å². The van der Waals surface area contributed by atoms with E-state index in [0.717, 1.165) is 21.6 Å². The Balaban J connectivity index is 3.10. The summed E-state index contributed by atoms with van der Waals surface area (Å²) in [5, 5.41) is 18.5. The molecule has 3 heteroatoms. The van der Waals surface area contributed by atoms with Gasteiger partial charge in [-0.1, -0.05) is 5.28 Å². The number of aliphatic hydroxyl groups is 2. The van der Waals surface area contributed by atoms with Crippen LogP contribution in [0.2, 0.25) is 5.28 Å². The van der Waals surface area contributed by atoms with Gasteiger partial charge >= 0.3 is 0 Å². The van der Waals surface area contributed by atoms with Gasteiger partial charge in [0.05, 0.1) is 6.10 Å². The highest BCUT2D eigenvalue weighted by Gasteiger charge is 2.03. The van der Waals surface area contributed by atoms with Crippen LogP contribution in [0.15, 0.2) is 0 Å². The van der Waals surface area contributed by atoms with E-state index in [1.807, 2.05) is 0 Å². The maximum absolute atomic E-state index is 8.90. The van der Waals surface area contributed by atoms with Crippen molar-refractivity contribution in [1.82, 2.24) is 0 Å². The third kappa shape index (κ3) is 4.61. The average Bonchev–Trinajstić information content (AvgIpc) is 1.65. The van der Waals surface area contributed by atoms with Gasteiger partial charge < -0.3 is 10.2 Å². The summed E-state index contributed by atoms with van der Waals surface area (Å²) in [5.74, 6) is 0. The van der Waals surface area contributed by atoms with Crippen LogP contribution in [0.1, 0.15) is 13.3 Å². The number of aliphatic hydroxyl groups excluding tert-OH is 2. The zero-order valence-corrected chi connectivity index (χ0v) is 7.46. The lowest BCUT2D eigenvalue weighted by Crippen LogP contribution is -2.13. The molecule has 2 atom stereocenters. The van der Waals surface area contributed by atoms with Crippen LogP contribution in [0.3, 0.4) is 0 Å². The summed E-state index contributed by atoms with van der Waals surface area (Å²) in [5.41, 5.74) is 0. The van der Waals surface area contributed by atoms with Gasteiger partial charge in [-0.05, 0) is 13.3 Å². The van der Waals surface area contributed by atoms with Gasteiger partial charge in [-0.2, -0.15) is 0 Å². The first-order chi connectivity index (χ1) is 3.66. The van der Waals surface area contributed by atoms with Crippen molar-refractivity contribution in [2.45, 2.75) is 30.8 Å². The second-order valence-electron chi connectivity index (χ2n) is 2.15. The zero-order valence-electron chi connectivity index (χ0n) is 5.46. The van der Waals surface area contributed by atoms with Crippen LogP contribution in [-0.2, 0) is 0 Å². The number of rotatable bonds is 3. The molecule has 0 aliphatic carbocycles. The molecule has 0 radical (unpaired) electrons. The second-order valence-corrected chi connectivity index (χ2v) is 2.96. The molecule has 2 N–H and O–H groups in total. The van der Waals surface area contributed by atoms with Crippen LogP contribution in [0.25, 0.3) is 0 Å². The SMILES string of the molecule is CC(O)CC(O)[CH2][AlH2]. The normalized spacial score (nSPS) is 17.9. The fourth-order valence-corrected chi connectivity index (χ4v) is 0.894. The molecule has 0 heterocycles. The Kier molecular flexibility index (Phi) is 4.59. The smallest absolute Gasteiger partial charge is 0.215 e. The average molecular weight is 132 g/mol. The molecule has 2 unspecified atom stereocenters. The number of hydrogen-bond acceptors (Lipinski definition) is 2. The monoisotopic (exact) mass is 132 g/mol. The van der Waals surface area contributed by atoms with Gasteiger partial charge in [0.15, 0.2) is 0 Å². The minimum atomic E-state index is -0.348. The summed E-state index contributed by atoms with van der Waals surface area (Å²) < 4.78 is 0. The maximum atomic E-state index is 8.90. The van der Waals surface area contributed by atoms with E-state index in [1.54, 1.807) is 6.92 Å². The second kappa shape index (κ2) is 4.34. The lowest BCUT2D eigenvalue weighted by Gasteiger charge is -2.08. The summed E-state index contributed by atoms with van der Waals surface area (Å²) in [7, 11) is 0. The van der Waals surface area contributed by atoms with Crippen molar-refractivity contribution in [2.75, 3.05) is 0 Å². The highest BCUT2D eigenvalue weighted by molar-refractivity contribution is 6.08.